The molecule has 0 aromatic carbocycles. The van der Waals surface area contributed by atoms with E-state index in [0.29, 0.717) is 23.4 Å². The molecule has 0 saturated heterocycles. The molecule has 5 heteroatoms. The van der Waals surface area contributed by atoms with Crippen LogP contribution in [0.1, 0.15) is 30.1 Å². The molecule has 0 unspecified atom stereocenters. The predicted octanol–water partition coefficient (Wildman–Crippen LogP) is 2.59. The summed E-state index contributed by atoms with van der Waals surface area (Å²) < 4.78 is 10.7. The summed E-state index contributed by atoms with van der Waals surface area (Å²) in [5.41, 5.74) is 0.508. The van der Waals surface area contributed by atoms with Crippen LogP contribution in [-0.4, -0.2) is 25.7 Å². The zero-order valence-corrected chi connectivity index (χ0v) is 10.9. The summed E-state index contributed by atoms with van der Waals surface area (Å²) >= 11 is 3.15. The van der Waals surface area contributed by atoms with Gasteiger partial charge in [0, 0.05) is 13.2 Å². The molecule has 1 rings (SSSR count). The lowest BCUT2D eigenvalue weighted by molar-refractivity contribution is 0.0911. The molecule has 1 heterocycles. The molecule has 0 bridgehead atoms. The van der Waals surface area contributed by atoms with E-state index in [9.17, 15) is 4.79 Å². The fourth-order valence-corrected chi connectivity index (χ4v) is 1.56. The molecule has 1 amide bonds. The summed E-state index contributed by atoms with van der Waals surface area (Å²) in [6, 6.07) is 1.62. The Labute approximate surface area is 103 Å². The first-order chi connectivity index (χ1) is 7.75. The van der Waals surface area contributed by atoms with Crippen LogP contribution in [-0.2, 0) is 4.74 Å². The second-order valence-electron chi connectivity index (χ2n) is 3.33. The molecule has 0 saturated carbocycles. The Bertz CT molecular complexity index is 325. The third-order valence-corrected chi connectivity index (χ3v) is 2.65. The number of hydrogen-bond donors (Lipinski definition) is 1. The summed E-state index contributed by atoms with van der Waals surface area (Å²) in [6.45, 7) is 3.92. The van der Waals surface area contributed by atoms with E-state index in [2.05, 4.69) is 28.2 Å². The van der Waals surface area contributed by atoms with E-state index in [1.165, 1.54) is 6.26 Å². The highest BCUT2D eigenvalue weighted by Gasteiger charge is 2.11. The highest BCUT2D eigenvalue weighted by Crippen LogP contribution is 2.16. The van der Waals surface area contributed by atoms with E-state index in [4.69, 9.17) is 9.15 Å². The Morgan fingerprint density at radius 1 is 1.56 bits per heavy atom. The van der Waals surface area contributed by atoms with Gasteiger partial charge < -0.3 is 14.5 Å². The van der Waals surface area contributed by atoms with E-state index in [1.807, 2.05) is 0 Å². The Morgan fingerprint density at radius 3 is 3.00 bits per heavy atom. The van der Waals surface area contributed by atoms with Crippen LogP contribution in [0, 0.1) is 0 Å². The van der Waals surface area contributed by atoms with Gasteiger partial charge in [0.1, 0.15) is 0 Å². The van der Waals surface area contributed by atoms with Crippen molar-refractivity contribution in [1.29, 1.82) is 0 Å². The summed E-state index contributed by atoms with van der Waals surface area (Å²) in [6.07, 6.45) is 3.65. The SMILES string of the molecule is CCCCOCCNC(=O)c1ccoc1Br. The van der Waals surface area contributed by atoms with E-state index in [-0.39, 0.29) is 5.91 Å². The minimum atomic E-state index is -0.153. The van der Waals surface area contributed by atoms with Crippen molar-refractivity contribution in [3.8, 4) is 0 Å². The topological polar surface area (TPSA) is 51.5 Å². The van der Waals surface area contributed by atoms with Gasteiger partial charge in [-0.05, 0) is 28.4 Å². The number of hydrogen-bond acceptors (Lipinski definition) is 3. The van der Waals surface area contributed by atoms with Crippen molar-refractivity contribution >= 4 is 21.8 Å². The van der Waals surface area contributed by atoms with Crippen LogP contribution in [0.15, 0.2) is 21.4 Å². The van der Waals surface area contributed by atoms with Crippen LogP contribution in [0.5, 0.6) is 0 Å². The lowest BCUT2D eigenvalue weighted by atomic mass is 10.3. The van der Waals surface area contributed by atoms with Crippen LogP contribution in [0.4, 0.5) is 0 Å². The first-order valence-corrected chi connectivity index (χ1v) is 6.14. The lowest BCUT2D eigenvalue weighted by Gasteiger charge is -2.04. The molecule has 0 fully saturated rings. The molecule has 0 atom stereocenters. The Kier molecular flexibility index (Phi) is 6.18. The van der Waals surface area contributed by atoms with Crippen molar-refractivity contribution < 1.29 is 13.9 Å². The molecule has 16 heavy (non-hydrogen) atoms. The number of furan rings is 1. The van der Waals surface area contributed by atoms with Gasteiger partial charge in [0.2, 0.25) is 0 Å². The summed E-state index contributed by atoms with van der Waals surface area (Å²) in [5, 5.41) is 2.75. The second kappa shape index (κ2) is 7.46. The average Bonchev–Trinajstić information content (AvgIpc) is 2.69. The Balaban J connectivity index is 2.14. The quantitative estimate of drug-likeness (QED) is 0.785. The van der Waals surface area contributed by atoms with Crippen molar-refractivity contribution in [2.24, 2.45) is 0 Å². The van der Waals surface area contributed by atoms with Crippen LogP contribution in [0.2, 0.25) is 0 Å². The van der Waals surface area contributed by atoms with E-state index < -0.39 is 0 Å². The van der Waals surface area contributed by atoms with Gasteiger partial charge in [0.05, 0.1) is 18.4 Å². The van der Waals surface area contributed by atoms with Gasteiger partial charge >= 0.3 is 0 Å². The summed E-state index contributed by atoms with van der Waals surface area (Å²) in [5.74, 6) is -0.153. The minimum absolute atomic E-state index is 0.153. The zero-order valence-electron chi connectivity index (χ0n) is 9.29. The molecule has 1 N–H and O–H groups in total. The van der Waals surface area contributed by atoms with E-state index in [1.54, 1.807) is 6.07 Å². The molecule has 90 valence electrons. The molecule has 1 aromatic heterocycles. The van der Waals surface area contributed by atoms with E-state index in [0.717, 1.165) is 19.4 Å². The van der Waals surface area contributed by atoms with Crippen molar-refractivity contribution in [1.82, 2.24) is 5.32 Å². The van der Waals surface area contributed by atoms with Gasteiger partial charge in [-0.3, -0.25) is 4.79 Å². The summed E-state index contributed by atoms with van der Waals surface area (Å²) in [7, 11) is 0. The molecule has 0 spiro atoms. The number of carbonyl (C=O) groups excluding carboxylic acids is 1. The minimum Gasteiger partial charge on any atom is -0.457 e. The molecular weight excluding hydrogens is 274 g/mol. The smallest absolute Gasteiger partial charge is 0.255 e. The molecular formula is C11H16BrNO3. The fourth-order valence-electron chi connectivity index (χ4n) is 1.14. The largest absolute Gasteiger partial charge is 0.457 e. The van der Waals surface area contributed by atoms with Gasteiger partial charge in [-0.15, -0.1) is 0 Å². The Hall–Kier alpha value is -0.810. The molecule has 0 aliphatic rings. The Morgan fingerprint density at radius 2 is 2.38 bits per heavy atom. The lowest BCUT2D eigenvalue weighted by Crippen LogP contribution is -2.27. The monoisotopic (exact) mass is 289 g/mol. The average molecular weight is 290 g/mol. The number of carbonyl (C=O) groups is 1. The van der Waals surface area contributed by atoms with Crippen LogP contribution >= 0.6 is 15.9 Å². The fraction of sp³-hybridized carbons (Fsp3) is 0.545. The molecule has 0 radical (unpaired) electrons. The van der Waals surface area contributed by atoms with Gasteiger partial charge in [-0.1, -0.05) is 13.3 Å². The van der Waals surface area contributed by atoms with Crippen molar-refractivity contribution in [2.45, 2.75) is 19.8 Å². The van der Waals surface area contributed by atoms with Gasteiger partial charge in [-0.2, -0.15) is 0 Å². The molecule has 0 aliphatic carbocycles. The van der Waals surface area contributed by atoms with Gasteiger partial charge in [0.25, 0.3) is 5.91 Å². The first kappa shape index (κ1) is 13.3. The van der Waals surface area contributed by atoms with Crippen LogP contribution in [0.3, 0.4) is 0 Å². The first-order valence-electron chi connectivity index (χ1n) is 5.34. The van der Waals surface area contributed by atoms with Crippen molar-refractivity contribution in [3.05, 3.63) is 22.6 Å². The number of amides is 1. The number of ether oxygens (including phenoxy) is 1. The highest BCUT2D eigenvalue weighted by atomic mass is 79.9. The van der Waals surface area contributed by atoms with Crippen LogP contribution in [0.25, 0.3) is 0 Å². The number of halogens is 1. The number of unbranched alkanes of at least 4 members (excludes halogenated alkanes) is 1. The van der Waals surface area contributed by atoms with E-state index >= 15 is 0 Å². The molecule has 0 aliphatic heterocycles. The maximum Gasteiger partial charge on any atom is 0.255 e. The second-order valence-corrected chi connectivity index (χ2v) is 4.05. The molecule has 1 aromatic rings. The zero-order chi connectivity index (χ0) is 11.8. The number of rotatable bonds is 7. The third kappa shape index (κ3) is 4.37. The van der Waals surface area contributed by atoms with Gasteiger partial charge in [0.15, 0.2) is 4.67 Å². The van der Waals surface area contributed by atoms with Gasteiger partial charge in [-0.25, -0.2) is 0 Å². The summed E-state index contributed by atoms with van der Waals surface area (Å²) in [4.78, 5) is 11.6. The highest BCUT2D eigenvalue weighted by molar-refractivity contribution is 9.10. The normalized spacial score (nSPS) is 10.4. The third-order valence-electron chi connectivity index (χ3n) is 2.04. The maximum atomic E-state index is 11.6. The van der Waals surface area contributed by atoms with Crippen LogP contribution < -0.4 is 5.32 Å². The van der Waals surface area contributed by atoms with Crippen molar-refractivity contribution in [3.63, 3.8) is 0 Å². The molecule has 4 nitrogen and oxygen atoms in total. The standard InChI is InChI=1S/C11H16BrNO3/c1-2-3-6-15-8-5-13-11(14)9-4-7-16-10(9)12/h4,7H,2-3,5-6,8H2,1H3,(H,13,14). The predicted molar refractivity (Wildman–Crippen MR) is 64.5 cm³/mol. The number of nitrogens with one attached hydrogen (secondary N) is 1. The van der Waals surface area contributed by atoms with Crippen molar-refractivity contribution in [2.75, 3.05) is 19.8 Å². The maximum absolute atomic E-state index is 11.6.